The van der Waals surface area contributed by atoms with Crippen LogP contribution >= 0.6 is 0 Å². The largest absolute Gasteiger partial charge is 0.416 e. The zero-order chi connectivity index (χ0) is 14.3. The summed E-state index contributed by atoms with van der Waals surface area (Å²) in [5, 5.41) is 7.60. The fourth-order valence-electron chi connectivity index (χ4n) is 1.90. The molecule has 0 fully saturated rings. The molecule has 0 unspecified atom stereocenters. The minimum absolute atomic E-state index is 0.0771. The number of benzene rings is 2. The second-order valence-corrected chi connectivity index (χ2v) is 4.15. The monoisotopic (exact) mass is 281 g/mol. The zero-order valence-corrected chi connectivity index (χ0v) is 9.89. The summed E-state index contributed by atoms with van der Waals surface area (Å²) in [5.74, 6) is -1.00. The molecule has 7 heteroatoms. The molecule has 0 N–H and O–H groups in total. The first-order valence-electron chi connectivity index (χ1n) is 5.64. The van der Waals surface area contributed by atoms with Gasteiger partial charge >= 0.3 is 6.18 Å². The Hall–Kier alpha value is -2.44. The SMILES string of the molecule is Fc1cc(C(F)(F)F)ccc1-n1nnc2ccccc21. The van der Waals surface area contributed by atoms with Crippen molar-refractivity contribution in [3.8, 4) is 5.69 Å². The molecule has 0 saturated heterocycles. The molecule has 0 saturated carbocycles. The maximum absolute atomic E-state index is 13.9. The lowest BCUT2D eigenvalue weighted by atomic mass is 10.2. The first-order chi connectivity index (χ1) is 9.47. The van der Waals surface area contributed by atoms with Gasteiger partial charge in [0.25, 0.3) is 0 Å². The third-order valence-corrected chi connectivity index (χ3v) is 2.86. The van der Waals surface area contributed by atoms with Gasteiger partial charge in [-0.25, -0.2) is 9.07 Å². The van der Waals surface area contributed by atoms with Gasteiger partial charge < -0.3 is 0 Å². The first kappa shape index (κ1) is 12.6. The second kappa shape index (κ2) is 4.29. The number of nitrogens with zero attached hydrogens (tertiary/aromatic N) is 3. The van der Waals surface area contributed by atoms with Crippen LogP contribution < -0.4 is 0 Å². The third kappa shape index (κ3) is 2.01. The van der Waals surface area contributed by atoms with Crippen molar-refractivity contribution >= 4 is 11.0 Å². The average molecular weight is 281 g/mol. The summed E-state index contributed by atoms with van der Waals surface area (Å²) >= 11 is 0. The smallest absolute Gasteiger partial charge is 0.210 e. The number of hydrogen-bond donors (Lipinski definition) is 0. The van der Waals surface area contributed by atoms with E-state index in [0.717, 1.165) is 12.1 Å². The zero-order valence-electron chi connectivity index (χ0n) is 9.89. The Kier molecular flexibility index (Phi) is 2.70. The van der Waals surface area contributed by atoms with Crippen molar-refractivity contribution in [3.05, 3.63) is 53.8 Å². The summed E-state index contributed by atoms with van der Waals surface area (Å²) in [7, 11) is 0. The summed E-state index contributed by atoms with van der Waals surface area (Å²) < 4.78 is 52.5. The maximum Gasteiger partial charge on any atom is 0.416 e. The van der Waals surface area contributed by atoms with Crippen LogP contribution in [0.1, 0.15) is 5.56 Å². The molecule has 2 aromatic carbocycles. The highest BCUT2D eigenvalue weighted by Crippen LogP contribution is 2.31. The van der Waals surface area contributed by atoms with Crippen LogP contribution in [0.25, 0.3) is 16.7 Å². The molecule has 0 aliphatic carbocycles. The molecular weight excluding hydrogens is 274 g/mol. The van der Waals surface area contributed by atoms with Gasteiger partial charge in [0.15, 0.2) is 0 Å². The molecule has 0 aliphatic heterocycles. The van der Waals surface area contributed by atoms with Crippen LogP contribution in [0, 0.1) is 5.82 Å². The Morgan fingerprint density at radius 2 is 1.75 bits per heavy atom. The molecule has 0 aliphatic rings. The fourth-order valence-corrected chi connectivity index (χ4v) is 1.90. The van der Waals surface area contributed by atoms with Crippen molar-refractivity contribution in [1.82, 2.24) is 15.0 Å². The highest BCUT2D eigenvalue weighted by atomic mass is 19.4. The topological polar surface area (TPSA) is 30.7 Å². The third-order valence-electron chi connectivity index (χ3n) is 2.86. The van der Waals surface area contributed by atoms with Gasteiger partial charge in [-0.1, -0.05) is 17.3 Å². The van der Waals surface area contributed by atoms with Crippen molar-refractivity contribution in [2.45, 2.75) is 6.18 Å². The Morgan fingerprint density at radius 1 is 1.00 bits per heavy atom. The Balaban J connectivity index is 2.16. The van der Waals surface area contributed by atoms with Gasteiger partial charge in [0.2, 0.25) is 0 Å². The van der Waals surface area contributed by atoms with Crippen LogP contribution in [0.5, 0.6) is 0 Å². The van der Waals surface area contributed by atoms with Gasteiger partial charge in [0.05, 0.1) is 11.1 Å². The van der Waals surface area contributed by atoms with E-state index in [1.54, 1.807) is 24.3 Å². The van der Waals surface area contributed by atoms with Gasteiger partial charge in [0, 0.05) is 0 Å². The van der Waals surface area contributed by atoms with Gasteiger partial charge in [-0.2, -0.15) is 13.2 Å². The molecule has 0 bridgehead atoms. The molecule has 3 rings (SSSR count). The maximum atomic E-state index is 13.9. The van der Waals surface area contributed by atoms with Crippen LogP contribution in [-0.4, -0.2) is 15.0 Å². The van der Waals surface area contributed by atoms with Crippen LogP contribution in [-0.2, 0) is 6.18 Å². The lowest BCUT2D eigenvalue weighted by Crippen LogP contribution is -2.07. The molecule has 3 aromatic rings. The van der Waals surface area contributed by atoms with Crippen molar-refractivity contribution in [3.63, 3.8) is 0 Å². The van der Waals surface area contributed by atoms with Crippen LogP contribution in [0.3, 0.4) is 0 Å². The number of halogens is 4. The van der Waals surface area contributed by atoms with E-state index in [9.17, 15) is 17.6 Å². The molecule has 0 atom stereocenters. The lowest BCUT2D eigenvalue weighted by molar-refractivity contribution is -0.137. The Bertz CT molecular complexity index is 777. The minimum Gasteiger partial charge on any atom is -0.210 e. The molecule has 0 radical (unpaired) electrons. The molecule has 1 aromatic heterocycles. The van der Waals surface area contributed by atoms with Gasteiger partial charge in [-0.05, 0) is 30.3 Å². The van der Waals surface area contributed by atoms with Crippen molar-refractivity contribution < 1.29 is 17.6 Å². The summed E-state index contributed by atoms with van der Waals surface area (Å²) in [6.07, 6.45) is -4.58. The number of para-hydroxylation sites is 1. The standard InChI is InChI=1S/C13H7F4N3/c14-9-7-8(13(15,16)17)5-6-11(9)20-12-4-2-1-3-10(12)18-19-20/h1-7H. The van der Waals surface area contributed by atoms with Crippen molar-refractivity contribution in [1.29, 1.82) is 0 Å². The van der Waals surface area contributed by atoms with E-state index in [0.29, 0.717) is 17.1 Å². The van der Waals surface area contributed by atoms with E-state index < -0.39 is 17.6 Å². The van der Waals surface area contributed by atoms with Crippen molar-refractivity contribution in [2.24, 2.45) is 0 Å². The number of aromatic nitrogens is 3. The highest BCUT2D eigenvalue weighted by Gasteiger charge is 2.31. The van der Waals surface area contributed by atoms with Crippen LogP contribution in [0.2, 0.25) is 0 Å². The van der Waals surface area contributed by atoms with Gasteiger partial charge in [0.1, 0.15) is 17.0 Å². The summed E-state index contributed by atoms with van der Waals surface area (Å²) in [5.41, 5.74) is -0.0622. The summed E-state index contributed by atoms with van der Waals surface area (Å²) in [6.45, 7) is 0. The quantitative estimate of drug-likeness (QED) is 0.638. The molecule has 1 heterocycles. The molecule has 3 nitrogen and oxygen atoms in total. The summed E-state index contributed by atoms with van der Waals surface area (Å²) in [6, 6.07) is 9.10. The predicted octanol–water partition coefficient (Wildman–Crippen LogP) is 3.58. The number of alkyl halides is 3. The Labute approximate surface area is 110 Å². The number of rotatable bonds is 1. The minimum atomic E-state index is -4.58. The van der Waals surface area contributed by atoms with E-state index in [4.69, 9.17) is 0 Å². The van der Waals surface area contributed by atoms with E-state index in [1.165, 1.54) is 4.68 Å². The molecule has 102 valence electrons. The summed E-state index contributed by atoms with van der Waals surface area (Å²) in [4.78, 5) is 0. The van der Waals surface area contributed by atoms with Crippen molar-refractivity contribution in [2.75, 3.05) is 0 Å². The number of fused-ring (bicyclic) bond motifs is 1. The number of hydrogen-bond acceptors (Lipinski definition) is 2. The molecular formula is C13H7F4N3. The first-order valence-corrected chi connectivity index (χ1v) is 5.64. The van der Waals surface area contributed by atoms with E-state index in [1.807, 2.05) is 0 Å². The normalized spacial score (nSPS) is 12.0. The lowest BCUT2D eigenvalue weighted by Gasteiger charge is -2.09. The van der Waals surface area contributed by atoms with Crippen LogP contribution in [0.4, 0.5) is 17.6 Å². The van der Waals surface area contributed by atoms with E-state index >= 15 is 0 Å². The fraction of sp³-hybridized carbons (Fsp3) is 0.0769. The average Bonchev–Trinajstić information content (AvgIpc) is 2.81. The second-order valence-electron chi connectivity index (χ2n) is 4.15. The molecule has 0 spiro atoms. The van der Waals surface area contributed by atoms with Gasteiger partial charge in [-0.15, -0.1) is 5.10 Å². The molecule has 20 heavy (non-hydrogen) atoms. The van der Waals surface area contributed by atoms with E-state index in [-0.39, 0.29) is 5.69 Å². The highest BCUT2D eigenvalue weighted by molar-refractivity contribution is 5.75. The van der Waals surface area contributed by atoms with E-state index in [2.05, 4.69) is 10.3 Å². The predicted molar refractivity (Wildman–Crippen MR) is 63.8 cm³/mol. The van der Waals surface area contributed by atoms with Gasteiger partial charge in [-0.3, -0.25) is 0 Å². The van der Waals surface area contributed by atoms with Crippen LogP contribution in [0.15, 0.2) is 42.5 Å². The Morgan fingerprint density at radius 3 is 2.45 bits per heavy atom. The molecule has 0 amide bonds.